The smallest absolute Gasteiger partial charge is 0.187 e. The molecule has 0 amide bonds. The second-order valence-electron chi connectivity index (χ2n) is 6.03. The highest BCUT2D eigenvalue weighted by Gasteiger charge is 2.31. The first kappa shape index (κ1) is 7.46. The number of hydrogen-bond acceptors (Lipinski definition) is 2. The van der Waals surface area contributed by atoms with E-state index >= 15 is 0 Å². The van der Waals surface area contributed by atoms with Gasteiger partial charge >= 0.3 is 0 Å². The molecular formula is C12H28O2Si. The van der Waals surface area contributed by atoms with Crippen molar-refractivity contribution in [3.05, 3.63) is 0 Å². The Kier molecular flexibility index (Phi) is 2.48. The monoisotopic (exact) mass is 238 g/mol. The summed E-state index contributed by atoms with van der Waals surface area (Å²) >= 11 is 0. The van der Waals surface area contributed by atoms with E-state index in [1.165, 1.54) is 0 Å². The fraction of sp³-hybridized carbons (Fsp3) is 1.00. The Morgan fingerprint density at radius 1 is 1.27 bits per heavy atom. The Hall–Kier alpha value is 0.137. The SMILES string of the molecule is [2H]C([2H])([2H])C(CO)(CO[Si](C)(C)CC(C)(C)C)C([2H])([2H])[2H]. The van der Waals surface area contributed by atoms with Crippen LogP contribution in [0.5, 0.6) is 0 Å². The first-order valence-corrected chi connectivity index (χ1v) is 8.34. The van der Waals surface area contributed by atoms with Crippen molar-refractivity contribution in [2.75, 3.05) is 13.2 Å². The van der Waals surface area contributed by atoms with Gasteiger partial charge in [-0.25, -0.2) is 0 Å². The molecule has 0 rings (SSSR count). The van der Waals surface area contributed by atoms with Gasteiger partial charge in [0.05, 0.1) is 6.61 Å². The molecule has 0 atom stereocenters. The van der Waals surface area contributed by atoms with Gasteiger partial charge in [-0.2, -0.15) is 0 Å². The van der Waals surface area contributed by atoms with E-state index in [0.29, 0.717) is 0 Å². The van der Waals surface area contributed by atoms with Crippen molar-refractivity contribution in [2.24, 2.45) is 10.8 Å². The molecule has 0 aromatic heterocycles. The highest BCUT2D eigenvalue weighted by atomic mass is 28.4. The van der Waals surface area contributed by atoms with Crippen molar-refractivity contribution < 1.29 is 17.8 Å². The third-order valence-corrected chi connectivity index (χ3v) is 4.77. The van der Waals surface area contributed by atoms with Gasteiger partial charge in [0, 0.05) is 20.2 Å². The molecule has 0 radical (unpaired) electrons. The summed E-state index contributed by atoms with van der Waals surface area (Å²) in [5, 5.41) is 9.49. The maximum atomic E-state index is 9.49. The average molecular weight is 238 g/mol. The molecule has 1 N–H and O–H groups in total. The number of aliphatic hydroxyl groups excluding tert-OH is 1. The molecule has 92 valence electrons. The van der Waals surface area contributed by atoms with Crippen molar-refractivity contribution in [3.63, 3.8) is 0 Å². The van der Waals surface area contributed by atoms with Gasteiger partial charge in [-0.15, -0.1) is 0 Å². The van der Waals surface area contributed by atoms with Crippen molar-refractivity contribution in [2.45, 2.75) is 53.6 Å². The summed E-state index contributed by atoms with van der Waals surface area (Å²) in [7, 11) is -2.23. The lowest BCUT2D eigenvalue weighted by Gasteiger charge is -2.33. The van der Waals surface area contributed by atoms with Crippen molar-refractivity contribution in [1.82, 2.24) is 0 Å². The lowest BCUT2D eigenvalue weighted by molar-refractivity contribution is 0.0921. The molecule has 0 bridgehead atoms. The van der Waals surface area contributed by atoms with E-state index in [2.05, 4.69) is 20.8 Å². The zero-order valence-electron chi connectivity index (χ0n) is 16.5. The fourth-order valence-corrected chi connectivity index (χ4v) is 4.99. The normalized spacial score (nSPS) is 22.0. The number of aliphatic hydroxyl groups is 1. The van der Waals surface area contributed by atoms with Crippen LogP contribution in [0.4, 0.5) is 0 Å². The molecule has 0 aromatic rings. The maximum absolute atomic E-state index is 9.49. The van der Waals surface area contributed by atoms with Crippen LogP contribution >= 0.6 is 0 Å². The van der Waals surface area contributed by atoms with Crippen LogP contribution < -0.4 is 0 Å². The van der Waals surface area contributed by atoms with Crippen LogP contribution in [0.25, 0.3) is 0 Å². The molecule has 15 heavy (non-hydrogen) atoms. The zero-order chi connectivity index (χ0) is 17.3. The van der Waals surface area contributed by atoms with Gasteiger partial charge in [0.2, 0.25) is 0 Å². The van der Waals surface area contributed by atoms with Gasteiger partial charge in [0.1, 0.15) is 0 Å². The molecule has 0 fully saturated rings. The van der Waals surface area contributed by atoms with E-state index in [0.717, 1.165) is 6.04 Å². The molecule has 0 aliphatic heterocycles. The van der Waals surface area contributed by atoms with Gasteiger partial charge < -0.3 is 9.53 Å². The molecule has 0 aromatic carbocycles. The Labute approximate surface area is 105 Å². The second-order valence-corrected chi connectivity index (χ2v) is 10.2. The van der Waals surface area contributed by atoms with E-state index < -0.39 is 40.6 Å². The summed E-state index contributed by atoms with van der Waals surface area (Å²) in [6, 6.07) is 0.767. The molecule has 0 saturated carbocycles. The van der Waals surface area contributed by atoms with E-state index in [1.807, 2.05) is 13.1 Å². The predicted molar refractivity (Wildman–Crippen MR) is 68.6 cm³/mol. The Morgan fingerprint density at radius 3 is 2.13 bits per heavy atom. The van der Waals surface area contributed by atoms with Crippen molar-refractivity contribution in [1.29, 1.82) is 0 Å². The van der Waals surface area contributed by atoms with Crippen LogP contribution in [0.3, 0.4) is 0 Å². The minimum atomic E-state index is -2.82. The molecule has 2 nitrogen and oxygen atoms in total. The number of hydrogen-bond donors (Lipinski definition) is 1. The third kappa shape index (κ3) is 8.00. The van der Waals surface area contributed by atoms with Crippen molar-refractivity contribution >= 4 is 8.32 Å². The standard InChI is InChI=1S/C12H28O2Si/c1-11(2,3)10-15(6,7)14-9-12(4,5)8-13/h13H,8-10H2,1-7H3/i4D3,5D3. The first-order chi connectivity index (χ1) is 8.97. The minimum absolute atomic E-state index is 0.0115. The van der Waals surface area contributed by atoms with Gasteiger partial charge in [-0.1, -0.05) is 34.5 Å². The van der Waals surface area contributed by atoms with Crippen LogP contribution in [0, 0.1) is 10.8 Å². The first-order valence-electron chi connectivity index (χ1n) is 8.22. The van der Waals surface area contributed by atoms with Gasteiger partial charge in [-0.3, -0.25) is 0 Å². The third-order valence-electron chi connectivity index (χ3n) is 1.94. The summed E-state index contributed by atoms with van der Waals surface area (Å²) in [6.07, 6.45) is 0. The van der Waals surface area contributed by atoms with E-state index in [-0.39, 0.29) is 5.41 Å². The fourth-order valence-electron chi connectivity index (χ4n) is 1.69. The second kappa shape index (κ2) is 4.98. The van der Waals surface area contributed by atoms with Gasteiger partial charge in [0.15, 0.2) is 8.32 Å². The molecular weight excluding hydrogens is 204 g/mol. The van der Waals surface area contributed by atoms with Crippen LogP contribution in [0.2, 0.25) is 19.1 Å². The molecule has 0 aliphatic rings. The summed E-state index contributed by atoms with van der Waals surface area (Å²) in [4.78, 5) is 0. The molecule has 0 spiro atoms. The highest BCUT2D eigenvalue weighted by molar-refractivity contribution is 6.71. The Morgan fingerprint density at radius 2 is 1.80 bits per heavy atom. The quantitative estimate of drug-likeness (QED) is 0.745. The lowest BCUT2D eigenvalue weighted by Crippen LogP contribution is -2.39. The zero-order valence-corrected chi connectivity index (χ0v) is 11.5. The topological polar surface area (TPSA) is 29.5 Å². The summed E-state index contributed by atoms with van der Waals surface area (Å²) in [6.45, 7) is 2.94. The van der Waals surface area contributed by atoms with Crippen molar-refractivity contribution in [3.8, 4) is 0 Å². The minimum Gasteiger partial charge on any atom is -0.417 e. The van der Waals surface area contributed by atoms with Crippen LogP contribution in [-0.4, -0.2) is 26.6 Å². The maximum Gasteiger partial charge on any atom is 0.187 e. The molecule has 0 saturated heterocycles. The summed E-state index contributed by atoms with van der Waals surface area (Å²) < 4.78 is 50.9. The Balaban J connectivity index is 5.29. The van der Waals surface area contributed by atoms with Crippen LogP contribution in [0.1, 0.15) is 42.7 Å². The molecule has 0 unspecified atom stereocenters. The highest BCUT2D eigenvalue weighted by Crippen LogP contribution is 2.29. The lowest BCUT2D eigenvalue weighted by atomic mass is 9.97. The summed E-state index contributed by atoms with van der Waals surface area (Å²) in [5.41, 5.74) is -2.22. The Bertz CT molecular complexity index is 329. The van der Waals surface area contributed by atoms with E-state index in [1.54, 1.807) is 0 Å². The predicted octanol–water partition coefficient (Wildman–Crippen LogP) is 3.27. The average Bonchev–Trinajstić information content (AvgIpc) is 2.09. The summed E-state index contributed by atoms with van der Waals surface area (Å²) in [5.74, 6) is 0. The van der Waals surface area contributed by atoms with Crippen LogP contribution in [-0.2, 0) is 4.43 Å². The van der Waals surface area contributed by atoms with Crippen LogP contribution in [0.15, 0.2) is 0 Å². The van der Waals surface area contributed by atoms with E-state index in [4.69, 9.17) is 12.7 Å². The largest absolute Gasteiger partial charge is 0.417 e. The van der Waals surface area contributed by atoms with E-state index in [9.17, 15) is 5.11 Å². The number of rotatable bonds is 5. The van der Waals surface area contributed by atoms with Gasteiger partial charge in [-0.05, 0) is 24.6 Å². The molecule has 0 aliphatic carbocycles. The molecule has 0 heterocycles. The van der Waals surface area contributed by atoms with Gasteiger partial charge in [0.25, 0.3) is 0 Å². The molecule has 3 heteroatoms.